The van der Waals surface area contributed by atoms with Crippen LogP contribution in [0.5, 0.6) is 0 Å². The van der Waals surface area contributed by atoms with Crippen molar-refractivity contribution in [1.29, 1.82) is 0 Å². The molecule has 4 nitrogen and oxygen atoms in total. The number of rotatable bonds is 6. The maximum atomic E-state index is 4.56. The minimum absolute atomic E-state index is 0.640. The summed E-state index contributed by atoms with van der Waals surface area (Å²) in [4.78, 5) is 9.04. The smallest absolute Gasteiger partial charge is 0.229 e. The van der Waals surface area contributed by atoms with E-state index in [0.29, 0.717) is 11.9 Å². The number of nitrogens with zero attached hydrogens (tertiary/aromatic N) is 2. The number of anilines is 3. The van der Waals surface area contributed by atoms with Crippen LogP contribution in [0.25, 0.3) is 0 Å². The number of benzene rings is 1. The zero-order valence-electron chi connectivity index (χ0n) is 14.2. The van der Waals surface area contributed by atoms with Gasteiger partial charge >= 0.3 is 0 Å². The van der Waals surface area contributed by atoms with Gasteiger partial charge in [0.2, 0.25) is 5.95 Å². The van der Waals surface area contributed by atoms with Crippen LogP contribution in [0.1, 0.15) is 37.1 Å². The standard InChI is InChI=1S/C18H26N4/c1-12(2)9-10-19-17-11-14(4)20-18(22-17)21-16-8-6-7-13(3)15(16)5/h6-8,11-12H,9-10H2,1-5H3,(H2,19,20,21,22). The average molecular weight is 298 g/mol. The Morgan fingerprint density at radius 3 is 2.59 bits per heavy atom. The van der Waals surface area contributed by atoms with Crippen molar-refractivity contribution in [3.05, 3.63) is 41.1 Å². The van der Waals surface area contributed by atoms with E-state index in [9.17, 15) is 0 Å². The van der Waals surface area contributed by atoms with Crippen LogP contribution < -0.4 is 10.6 Å². The molecule has 0 amide bonds. The van der Waals surface area contributed by atoms with Gasteiger partial charge in [-0.1, -0.05) is 26.0 Å². The van der Waals surface area contributed by atoms with Gasteiger partial charge in [-0.3, -0.25) is 0 Å². The first kappa shape index (κ1) is 16.3. The minimum Gasteiger partial charge on any atom is -0.370 e. The fourth-order valence-corrected chi connectivity index (χ4v) is 2.21. The van der Waals surface area contributed by atoms with Crippen LogP contribution in [0.4, 0.5) is 17.5 Å². The molecule has 1 aromatic carbocycles. The van der Waals surface area contributed by atoms with Crippen molar-refractivity contribution in [2.24, 2.45) is 5.92 Å². The van der Waals surface area contributed by atoms with Crippen LogP contribution >= 0.6 is 0 Å². The molecule has 1 heterocycles. The summed E-state index contributed by atoms with van der Waals surface area (Å²) < 4.78 is 0. The van der Waals surface area contributed by atoms with Crippen LogP contribution in [0.15, 0.2) is 24.3 Å². The van der Waals surface area contributed by atoms with E-state index in [1.165, 1.54) is 11.1 Å². The molecule has 0 radical (unpaired) electrons. The third kappa shape index (κ3) is 4.45. The van der Waals surface area contributed by atoms with Gasteiger partial charge in [0.15, 0.2) is 0 Å². The van der Waals surface area contributed by atoms with Crippen molar-refractivity contribution in [3.63, 3.8) is 0 Å². The predicted molar refractivity (Wildman–Crippen MR) is 93.9 cm³/mol. The van der Waals surface area contributed by atoms with Crippen LogP contribution in [-0.2, 0) is 0 Å². The summed E-state index contributed by atoms with van der Waals surface area (Å²) >= 11 is 0. The second-order valence-electron chi connectivity index (χ2n) is 6.20. The number of hydrogen-bond donors (Lipinski definition) is 2. The van der Waals surface area contributed by atoms with Crippen LogP contribution in [0.3, 0.4) is 0 Å². The van der Waals surface area contributed by atoms with E-state index in [1.54, 1.807) is 0 Å². The van der Waals surface area contributed by atoms with Crippen molar-refractivity contribution >= 4 is 17.5 Å². The molecule has 0 bridgehead atoms. The third-order valence-electron chi connectivity index (χ3n) is 3.73. The lowest BCUT2D eigenvalue weighted by Crippen LogP contribution is -2.08. The predicted octanol–water partition coefficient (Wildman–Crippen LogP) is 4.60. The highest BCUT2D eigenvalue weighted by molar-refractivity contribution is 5.61. The van der Waals surface area contributed by atoms with Crippen molar-refractivity contribution in [1.82, 2.24) is 9.97 Å². The first-order valence-electron chi connectivity index (χ1n) is 7.88. The van der Waals surface area contributed by atoms with Gasteiger partial charge in [-0.25, -0.2) is 4.98 Å². The van der Waals surface area contributed by atoms with E-state index >= 15 is 0 Å². The van der Waals surface area contributed by atoms with Gasteiger partial charge in [0.1, 0.15) is 5.82 Å². The number of nitrogens with one attached hydrogen (secondary N) is 2. The molecule has 2 N–H and O–H groups in total. The van der Waals surface area contributed by atoms with Gasteiger partial charge in [-0.05, 0) is 50.3 Å². The molecule has 118 valence electrons. The van der Waals surface area contributed by atoms with Crippen LogP contribution in [-0.4, -0.2) is 16.5 Å². The zero-order valence-corrected chi connectivity index (χ0v) is 14.2. The Kier molecular flexibility index (Phi) is 5.36. The molecule has 0 aliphatic carbocycles. The second-order valence-corrected chi connectivity index (χ2v) is 6.20. The van der Waals surface area contributed by atoms with E-state index < -0.39 is 0 Å². The molecule has 0 saturated heterocycles. The summed E-state index contributed by atoms with van der Waals surface area (Å²) in [6.07, 6.45) is 1.13. The van der Waals surface area contributed by atoms with Gasteiger partial charge in [-0.15, -0.1) is 0 Å². The summed E-state index contributed by atoms with van der Waals surface area (Å²) in [5, 5.41) is 6.71. The molecule has 0 unspecified atom stereocenters. The first-order valence-corrected chi connectivity index (χ1v) is 7.88. The molecule has 0 saturated carbocycles. The molecule has 0 fully saturated rings. The average Bonchev–Trinajstić information content (AvgIpc) is 2.43. The molecule has 0 spiro atoms. The summed E-state index contributed by atoms with van der Waals surface area (Å²) in [7, 11) is 0. The Labute approximate surface area is 133 Å². The van der Waals surface area contributed by atoms with E-state index in [0.717, 1.165) is 30.2 Å². The van der Waals surface area contributed by atoms with Gasteiger partial charge in [0, 0.05) is 24.0 Å². The highest BCUT2D eigenvalue weighted by Gasteiger charge is 2.06. The number of hydrogen-bond acceptors (Lipinski definition) is 4. The lowest BCUT2D eigenvalue weighted by Gasteiger charge is -2.13. The first-order chi connectivity index (χ1) is 10.5. The molecule has 0 atom stereocenters. The minimum atomic E-state index is 0.640. The molecule has 2 rings (SSSR count). The zero-order chi connectivity index (χ0) is 16.1. The van der Waals surface area contributed by atoms with Crippen molar-refractivity contribution in [2.45, 2.75) is 41.0 Å². The fourth-order valence-electron chi connectivity index (χ4n) is 2.21. The number of aromatic nitrogens is 2. The second kappa shape index (κ2) is 7.25. The van der Waals surface area contributed by atoms with Gasteiger partial charge < -0.3 is 10.6 Å². The topological polar surface area (TPSA) is 49.8 Å². The van der Waals surface area contributed by atoms with E-state index in [1.807, 2.05) is 19.1 Å². The van der Waals surface area contributed by atoms with E-state index in [-0.39, 0.29) is 0 Å². The lowest BCUT2D eigenvalue weighted by molar-refractivity contribution is 0.606. The maximum Gasteiger partial charge on any atom is 0.229 e. The normalized spacial score (nSPS) is 10.8. The Bertz CT molecular complexity index is 635. The Hall–Kier alpha value is -2.10. The summed E-state index contributed by atoms with van der Waals surface area (Å²) in [5.74, 6) is 2.20. The van der Waals surface area contributed by atoms with Crippen LogP contribution in [0, 0.1) is 26.7 Å². The molecule has 0 aliphatic heterocycles. The van der Waals surface area contributed by atoms with Crippen molar-refractivity contribution in [3.8, 4) is 0 Å². The summed E-state index contributed by atoms with van der Waals surface area (Å²) in [6.45, 7) is 11.6. The van der Waals surface area contributed by atoms with Crippen molar-refractivity contribution in [2.75, 3.05) is 17.2 Å². The summed E-state index contributed by atoms with van der Waals surface area (Å²) in [5.41, 5.74) is 4.49. The monoisotopic (exact) mass is 298 g/mol. The van der Waals surface area contributed by atoms with Gasteiger partial charge in [-0.2, -0.15) is 4.98 Å². The van der Waals surface area contributed by atoms with Crippen molar-refractivity contribution < 1.29 is 0 Å². The summed E-state index contributed by atoms with van der Waals surface area (Å²) in [6, 6.07) is 8.19. The van der Waals surface area contributed by atoms with Crippen LogP contribution in [0.2, 0.25) is 0 Å². The molecule has 1 aromatic heterocycles. The molecule has 4 heteroatoms. The maximum absolute atomic E-state index is 4.56. The third-order valence-corrected chi connectivity index (χ3v) is 3.73. The molecular formula is C18H26N4. The molecule has 2 aromatic rings. The Morgan fingerprint density at radius 1 is 1.09 bits per heavy atom. The Balaban J connectivity index is 2.14. The number of aryl methyl sites for hydroxylation is 2. The van der Waals surface area contributed by atoms with E-state index in [2.05, 4.69) is 60.4 Å². The fraction of sp³-hybridized carbons (Fsp3) is 0.444. The highest BCUT2D eigenvalue weighted by Crippen LogP contribution is 2.22. The van der Waals surface area contributed by atoms with Gasteiger partial charge in [0.25, 0.3) is 0 Å². The molecule has 22 heavy (non-hydrogen) atoms. The highest BCUT2D eigenvalue weighted by atomic mass is 15.1. The van der Waals surface area contributed by atoms with E-state index in [4.69, 9.17) is 0 Å². The quantitative estimate of drug-likeness (QED) is 0.818. The molecular weight excluding hydrogens is 272 g/mol. The molecule has 0 aliphatic rings. The Morgan fingerprint density at radius 2 is 1.86 bits per heavy atom. The lowest BCUT2D eigenvalue weighted by atomic mass is 10.1. The SMILES string of the molecule is Cc1cc(NCCC(C)C)nc(Nc2cccc(C)c2C)n1. The van der Waals surface area contributed by atoms with Gasteiger partial charge in [0.05, 0.1) is 0 Å². The largest absolute Gasteiger partial charge is 0.370 e.